The van der Waals surface area contributed by atoms with Crippen LogP contribution in [0.2, 0.25) is 0 Å². The number of nitrogens with two attached hydrogens (primary N) is 1. The molecule has 2 aromatic rings. The molecule has 5 heteroatoms. The summed E-state index contributed by atoms with van der Waals surface area (Å²) in [5.74, 6) is -1.76. The number of nitrogens with one attached hydrogen (secondary N) is 1. The van der Waals surface area contributed by atoms with Crippen LogP contribution >= 0.6 is 0 Å². The first-order valence-electron chi connectivity index (χ1n) is 6.07. The van der Waals surface area contributed by atoms with E-state index in [1.54, 1.807) is 24.3 Å². The third kappa shape index (κ3) is 3.00. The second kappa shape index (κ2) is 5.79. The Balaban J connectivity index is 2.25. The fourth-order valence-corrected chi connectivity index (χ4v) is 1.78. The Morgan fingerprint density at radius 3 is 2.65 bits per heavy atom. The minimum atomic E-state index is -0.674. The van der Waals surface area contributed by atoms with Gasteiger partial charge in [0, 0.05) is 18.2 Å². The smallest absolute Gasteiger partial charge is 0.255 e. The summed E-state index contributed by atoms with van der Waals surface area (Å²) in [6.45, 7) is 1.75. The predicted octanol–water partition coefficient (Wildman–Crippen LogP) is 2.98. The molecule has 0 saturated carbocycles. The SMILES string of the molecule is Cc1cc(F)c(NC(=O)c2cccc(CN)c2)cc1F. The molecule has 3 nitrogen and oxygen atoms in total. The average Bonchev–Trinajstić information content (AvgIpc) is 2.44. The molecule has 0 atom stereocenters. The van der Waals surface area contributed by atoms with E-state index >= 15 is 0 Å². The number of amides is 1. The Hall–Kier alpha value is -2.27. The molecule has 0 unspecified atom stereocenters. The number of anilines is 1. The highest BCUT2D eigenvalue weighted by Gasteiger charge is 2.12. The molecule has 20 heavy (non-hydrogen) atoms. The first-order valence-corrected chi connectivity index (χ1v) is 6.07. The fourth-order valence-electron chi connectivity index (χ4n) is 1.78. The number of hydrogen-bond donors (Lipinski definition) is 2. The molecule has 0 aliphatic heterocycles. The van der Waals surface area contributed by atoms with Crippen LogP contribution in [0.1, 0.15) is 21.5 Å². The minimum absolute atomic E-state index is 0.184. The summed E-state index contributed by atoms with van der Waals surface area (Å²) in [5.41, 5.74) is 6.62. The van der Waals surface area contributed by atoms with Crippen molar-refractivity contribution in [1.29, 1.82) is 0 Å². The van der Waals surface area contributed by atoms with Crippen molar-refractivity contribution in [2.75, 3.05) is 5.32 Å². The molecular formula is C15H14F2N2O. The van der Waals surface area contributed by atoms with Gasteiger partial charge in [-0.25, -0.2) is 8.78 Å². The lowest BCUT2D eigenvalue weighted by atomic mass is 10.1. The van der Waals surface area contributed by atoms with Gasteiger partial charge in [0.05, 0.1) is 5.69 Å². The van der Waals surface area contributed by atoms with Crippen LogP contribution < -0.4 is 11.1 Å². The van der Waals surface area contributed by atoms with Crippen molar-refractivity contribution < 1.29 is 13.6 Å². The van der Waals surface area contributed by atoms with Crippen LogP contribution in [0.5, 0.6) is 0 Å². The number of benzene rings is 2. The van der Waals surface area contributed by atoms with E-state index in [9.17, 15) is 13.6 Å². The van der Waals surface area contributed by atoms with Crippen molar-refractivity contribution in [2.24, 2.45) is 5.73 Å². The highest BCUT2D eigenvalue weighted by Crippen LogP contribution is 2.19. The van der Waals surface area contributed by atoms with Gasteiger partial charge in [0.1, 0.15) is 11.6 Å². The summed E-state index contributed by atoms with van der Waals surface area (Å²) in [5, 5.41) is 2.35. The van der Waals surface area contributed by atoms with Gasteiger partial charge in [0.25, 0.3) is 5.91 Å². The molecule has 0 fully saturated rings. The number of carbonyl (C=O) groups excluding carboxylic acids is 1. The third-order valence-corrected chi connectivity index (χ3v) is 2.92. The van der Waals surface area contributed by atoms with Gasteiger partial charge >= 0.3 is 0 Å². The van der Waals surface area contributed by atoms with Gasteiger partial charge in [0.2, 0.25) is 0 Å². The molecule has 0 aliphatic rings. The molecule has 0 spiro atoms. The summed E-state index contributed by atoms with van der Waals surface area (Å²) < 4.78 is 27.0. The van der Waals surface area contributed by atoms with E-state index in [4.69, 9.17) is 5.73 Å². The van der Waals surface area contributed by atoms with Gasteiger partial charge in [-0.2, -0.15) is 0 Å². The minimum Gasteiger partial charge on any atom is -0.326 e. The van der Waals surface area contributed by atoms with E-state index in [1.807, 2.05) is 0 Å². The summed E-state index contributed by atoms with van der Waals surface area (Å²) >= 11 is 0. The van der Waals surface area contributed by atoms with Crippen molar-refractivity contribution in [2.45, 2.75) is 13.5 Å². The van der Waals surface area contributed by atoms with Crippen molar-refractivity contribution in [3.63, 3.8) is 0 Å². The molecule has 104 valence electrons. The van der Waals surface area contributed by atoms with Crippen LogP contribution in [-0.4, -0.2) is 5.91 Å². The number of halogens is 2. The van der Waals surface area contributed by atoms with E-state index < -0.39 is 17.5 Å². The van der Waals surface area contributed by atoms with Crippen LogP contribution in [0.4, 0.5) is 14.5 Å². The number of rotatable bonds is 3. The van der Waals surface area contributed by atoms with Gasteiger partial charge in [-0.05, 0) is 36.2 Å². The molecule has 2 rings (SSSR count). The third-order valence-electron chi connectivity index (χ3n) is 2.92. The Labute approximate surface area is 115 Å². The highest BCUT2D eigenvalue weighted by atomic mass is 19.1. The first-order chi connectivity index (χ1) is 9.51. The van der Waals surface area contributed by atoms with Crippen LogP contribution in [-0.2, 0) is 6.54 Å². The van der Waals surface area contributed by atoms with Crippen molar-refractivity contribution in [3.05, 3.63) is 64.7 Å². The van der Waals surface area contributed by atoms with Crippen LogP contribution in [0.3, 0.4) is 0 Å². The first kappa shape index (κ1) is 14.1. The summed E-state index contributed by atoms with van der Waals surface area (Å²) in [6, 6.07) is 8.66. The van der Waals surface area contributed by atoms with Crippen LogP contribution in [0, 0.1) is 18.6 Å². The van der Waals surface area contributed by atoms with Gasteiger partial charge in [-0.15, -0.1) is 0 Å². The van der Waals surface area contributed by atoms with E-state index in [2.05, 4.69) is 5.32 Å². The fraction of sp³-hybridized carbons (Fsp3) is 0.133. The quantitative estimate of drug-likeness (QED) is 0.905. The second-order valence-electron chi connectivity index (χ2n) is 4.44. The highest BCUT2D eigenvalue weighted by molar-refractivity contribution is 6.04. The maximum absolute atomic E-state index is 13.7. The molecular weight excluding hydrogens is 262 g/mol. The Bertz CT molecular complexity index is 656. The molecule has 0 aromatic heterocycles. The molecule has 0 bridgehead atoms. The summed E-state index contributed by atoms with van der Waals surface area (Å²) in [6.07, 6.45) is 0. The average molecular weight is 276 g/mol. The normalized spacial score (nSPS) is 10.4. The molecule has 1 amide bonds. The lowest BCUT2D eigenvalue weighted by molar-refractivity contribution is 0.102. The van der Waals surface area contributed by atoms with Gasteiger partial charge < -0.3 is 11.1 Å². The number of hydrogen-bond acceptors (Lipinski definition) is 2. The van der Waals surface area contributed by atoms with Crippen LogP contribution in [0.25, 0.3) is 0 Å². The van der Waals surface area contributed by atoms with Crippen molar-refractivity contribution in [3.8, 4) is 0 Å². The molecule has 0 radical (unpaired) electrons. The predicted molar refractivity (Wildman–Crippen MR) is 73.4 cm³/mol. The maximum atomic E-state index is 13.7. The van der Waals surface area contributed by atoms with E-state index in [1.165, 1.54) is 6.92 Å². The summed E-state index contributed by atoms with van der Waals surface area (Å²) in [4.78, 5) is 12.0. The lowest BCUT2D eigenvalue weighted by Gasteiger charge is -2.08. The molecule has 0 saturated heterocycles. The standard InChI is InChI=1S/C15H14F2N2O/c1-9-5-13(17)14(7-12(9)16)19-15(20)11-4-2-3-10(6-11)8-18/h2-7H,8,18H2,1H3,(H,19,20). The van der Waals surface area contributed by atoms with Gasteiger partial charge in [0.15, 0.2) is 0 Å². The van der Waals surface area contributed by atoms with E-state index in [0.717, 1.165) is 17.7 Å². The monoisotopic (exact) mass is 276 g/mol. The van der Waals surface area contributed by atoms with Gasteiger partial charge in [-0.3, -0.25) is 4.79 Å². The van der Waals surface area contributed by atoms with Crippen molar-refractivity contribution >= 4 is 11.6 Å². The van der Waals surface area contributed by atoms with Gasteiger partial charge in [-0.1, -0.05) is 12.1 Å². The molecule has 3 N–H and O–H groups in total. The maximum Gasteiger partial charge on any atom is 0.255 e. The summed E-state index contributed by atoms with van der Waals surface area (Å²) in [7, 11) is 0. The molecule has 2 aromatic carbocycles. The number of carbonyl (C=O) groups is 1. The largest absolute Gasteiger partial charge is 0.326 e. The zero-order valence-corrected chi connectivity index (χ0v) is 10.9. The zero-order chi connectivity index (χ0) is 14.7. The number of aryl methyl sites for hydroxylation is 1. The van der Waals surface area contributed by atoms with E-state index in [0.29, 0.717) is 12.1 Å². The van der Waals surface area contributed by atoms with Crippen LogP contribution in [0.15, 0.2) is 36.4 Å². The Morgan fingerprint density at radius 2 is 1.95 bits per heavy atom. The van der Waals surface area contributed by atoms with Crippen molar-refractivity contribution in [1.82, 2.24) is 0 Å². The Morgan fingerprint density at radius 1 is 1.20 bits per heavy atom. The second-order valence-corrected chi connectivity index (χ2v) is 4.44. The zero-order valence-electron chi connectivity index (χ0n) is 10.9. The van der Waals surface area contributed by atoms with E-state index in [-0.39, 0.29) is 11.3 Å². The topological polar surface area (TPSA) is 55.1 Å². The molecule has 0 heterocycles. The Kier molecular flexibility index (Phi) is 4.10. The molecule has 0 aliphatic carbocycles. The lowest BCUT2D eigenvalue weighted by Crippen LogP contribution is -2.14.